The van der Waals surface area contributed by atoms with E-state index < -0.39 is 6.10 Å². The van der Waals surface area contributed by atoms with Crippen LogP contribution >= 0.6 is 12.2 Å². The van der Waals surface area contributed by atoms with Gasteiger partial charge in [-0.2, -0.15) is 0 Å². The summed E-state index contributed by atoms with van der Waals surface area (Å²) in [5.74, 6) is 2.12. The molecule has 0 saturated carbocycles. The first-order chi connectivity index (χ1) is 4.63. The van der Waals surface area contributed by atoms with Gasteiger partial charge >= 0.3 is 0 Å². The SMILES string of the molecule is C#CC(O)C(=CN)C(C)=S. The molecule has 0 amide bonds. The Morgan fingerprint density at radius 1 is 1.90 bits per heavy atom. The van der Waals surface area contributed by atoms with Crippen LogP contribution < -0.4 is 5.73 Å². The highest BCUT2D eigenvalue weighted by Crippen LogP contribution is 2.02. The van der Waals surface area contributed by atoms with Gasteiger partial charge in [0.2, 0.25) is 0 Å². The fourth-order valence-corrected chi connectivity index (χ4v) is 0.670. The zero-order chi connectivity index (χ0) is 8.15. The monoisotopic (exact) mass is 155 g/mol. The van der Waals surface area contributed by atoms with Gasteiger partial charge < -0.3 is 10.8 Å². The van der Waals surface area contributed by atoms with Crippen molar-refractivity contribution in [3.05, 3.63) is 11.8 Å². The van der Waals surface area contributed by atoms with Gasteiger partial charge in [0.25, 0.3) is 0 Å². The molecule has 0 spiro atoms. The fourth-order valence-electron chi connectivity index (χ4n) is 0.491. The minimum Gasteiger partial charge on any atom is -0.404 e. The molecular formula is C7H9NOS. The molecule has 3 heteroatoms. The number of nitrogens with two attached hydrogens (primary N) is 1. The highest BCUT2D eigenvalue weighted by atomic mass is 32.1. The van der Waals surface area contributed by atoms with Crippen LogP contribution in [0.4, 0.5) is 0 Å². The Labute approximate surface area is 65.7 Å². The van der Waals surface area contributed by atoms with E-state index in [1.165, 1.54) is 6.20 Å². The van der Waals surface area contributed by atoms with E-state index in [2.05, 4.69) is 5.92 Å². The summed E-state index contributed by atoms with van der Waals surface area (Å²) in [4.78, 5) is 0.521. The molecule has 0 heterocycles. The van der Waals surface area contributed by atoms with E-state index in [4.69, 9.17) is 29.5 Å². The molecule has 0 aromatic rings. The molecule has 0 fully saturated rings. The van der Waals surface area contributed by atoms with Crippen LogP contribution in [0.2, 0.25) is 0 Å². The van der Waals surface area contributed by atoms with Gasteiger partial charge in [0.1, 0.15) is 6.10 Å². The summed E-state index contributed by atoms with van der Waals surface area (Å²) in [6.45, 7) is 1.66. The van der Waals surface area contributed by atoms with Gasteiger partial charge in [0.05, 0.1) is 0 Å². The minimum atomic E-state index is -0.970. The Hall–Kier alpha value is -0.850. The predicted octanol–water partition coefficient (Wildman–Crippen LogP) is 0.213. The number of aliphatic hydroxyl groups excluding tert-OH is 1. The molecule has 0 aliphatic carbocycles. The molecule has 2 nitrogen and oxygen atoms in total. The molecule has 0 bridgehead atoms. The van der Waals surface area contributed by atoms with E-state index in [9.17, 15) is 0 Å². The van der Waals surface area contributed by atoms with E-state index in [1.54, 1.807) is 6.92 Å². The van der Waals surface area contributed by atoms with Crippen LogP contribution in [-0.2, 0) is 0 Å². The molecule has 54 valence electrons. The van der Waals surface area contributed by atoms with Crippen LogP contribution in [0.1, 0.15) is 6.92 Å². The largest absolute Gasteiger partial charge is 0.404 e. The first-order valence-electron chi connectivity index (χ1n) is 2.70. The van der Waals surface area contributed by atoms with Gasteiger partial charge in [0, 0.05) is 16.6 Å². The van der Waals surface area contributed by atoms with Crippen molar-refractivity contribution in [2.75, 3.05) is 0 Å². The van der Waals surface area contributed by atoms with Crippen molar-refractivity contribution in [1.29, 1.82) is 0 Å². The van der Waals surface area contributed by atoms with Crippen LogP contribution in [0.3, 0.4) is 0 Å². The first kappa shape index (κ1) is 9.15. The number of aliphatic hydroxyl groups is 1. The molecule has 1 atom stereocenters. The summed E-state index contributed by atoms with van der Waals surface area (Å²) in [5, 5.41) is 9.02. The standard InChI is InChI=1S/C7H9NOS/c1-3-7(9)6(4-8)5(2)10/h1,4,7,9H,8H2,2H3. The average Bonchev–Trinajstić information content (AvgIpc) is 1.88. The smallest absolute Gasteiger partial charge is 0.142 e. The number of hydrogen-bond acceptors (Lipinski definition) is 3. The lowest BCUT2D eigenvalue weighted by atomic mass is 10.1. The van der Waals surface area contributed by atoms with E-state index in [0.717, 1.165) is 0 Å². The van der Waals surface area contributed by atoms with E-state index >= 15 is 0 Å². The third kappa shape index (κ3) is 2.18. The van der Waals surface area contributed by atoms with E-state index in [-0.39, 0.29) is 0 Å². The Morgan fingerprint density at radius 3 is 2.50 bits per heavy atom. The molecule has 0 aliphatic rings. The molecule has 0 aromatic carbocycles. The summed E-state index contributed by atoms with van der Waals surface area (Å²) in [6.07, 6.45) is 5.19. The zero-order valence-electron chi connectivity index (χ0n) is 5.66. The molecule has 0 saturated heterocycles. The maximum atomic E-state index is 9.02. The van der Waals surface area contributed by atoms with Crippen molar-refractivity contribution in [3.8, 4) is 12.3 Å². The highest BCUT2D eigenvalue weighted by Gasteiger charge is 2.07. The quantitative estimate of drug-likeness (QED) is 0.340. The predicted molar refractivity (Wildman–Crippen MR) is 45.4 cm³/mol. The number of rotatable bonds is 2. The third-order valence-electron chi connectivity index (χ3n) is 1.04. The summed E-state index contributed by atoms with van der Waals surface area (Å²) in [7, 11) is 0. The van der Waals surface area contributed by atoms with Crippen molar-refractivity contribution in [1.82, 2.24) is 0 Å². The van der Waals surface area contributed by atoms with Gasteiger partial charge in [-0.3, -0.25) is 0 Å². The average molecular weight is 155 g/mol. The maximum absolute atomic E-state index is 9.02. The van der Waals surface area contributed by atoms with Gasteiger partial charge in [0.15, 0.2) is 0 Å². The molecule has 0 aliphatic heterocycles. The summed E-state index contributed by atoms with van der Waals surface area (Å²) in [5.41, 5.74) is 5.57. The second-order valence-electron chi connectivity index (χ2n) is 1.75. The topological polar surface area (TPSA) is 46.2 Å². The summed E-state index contributed by atoms with van der Waals surface area (Å²) < 4.78 is 0. The lowest BCUT2D eigenvalue weighted by Crippen LogP contribution is -2.14. The van der Waals surface area contributed by atoms with Gasteiger partial charge in [-0.1, -0.05) is 18.1 Å². The molecule has 0 aromatic heterocycles. The molecule has 0 rings (SSSR count). The maximum Gasteiger partial charge on any atom is 0.142 e. The highest BCUT2D eigenvalue weighted by molar-refractivity contribution is 7.80. The first-order valence-corrected chi connectivity index (χ1v) is 3.11. The van der Waals surface area contributed by atoms with Crippen molar-refractivity contribution in [3.63, 3.8) is 0 Å². The Bertz CT molecular complexity index is 202. The van der Waals surface area contributed by atoms with Crippen LogP contribution in [0.15, 0.2) is 11.8 Å². The minimum absolute atomic E-state index is 0.428. The normalized spacial score (nSPS) is 13.9. The van der Waals surface area contributed by atoms with Gasteiger partial charge in [-0.05, 0) is 6.92 Å². The van der Waals surface area contributed by atoms with Crippen molar-refractivity contribution >= 4 is 17.1 Å². The van der Waals surface area contributed by atoms with Gasteiger partial charge in [-0.25, -0.2) is 0 Å². The van der Waals surface area contributed by atoms with Crippen LogP contribution in [-0.4, -0.2) is 16.1 Å². The number of terminal acetylenes is 1. The Morgan fingerprint density at radius 2 is 2.40 bits per heavy atom. The van der Waals surface area contributed by atoms with Crippen molar-refractivity contribution in [2.24, 2.45) is 5.73 Å². The van der Waals surface area contributed by atoms with Crippen LogP contribution in [0, 0.1) is 12.3 Å². The summed E-state index contributed by atoms with van der Waals surface area (Å²) in [6, 6.07) is 0. The Kier molecular flexibility index (Phi) is 3.70. The molecule has 1 unspecified atom stereocenters. The Balaban J connectivity index is 4.42. The molecular weight excluding hydrogens is 146 g/mol. The molecule has 3 N–H and O–H groups in total. The lowest BCUT2D eigenvalue weighted by molar-refractivity contribution is 0.274. The second-order valence-corrected chi connectivity index (χ2v) is 2.36. The van der Waals surface area contributed by atoms with Crippen LogP contribution in [0.5, 0.6) is 0 Å². The number of thiocarbonyl (C=S) groups is 1. The number of hydrogen-bond donors (Lipinski definition) is 2. The van der Waals surface area contributed by atoms with E-state index in [0.29, 0.717) is 10.4 Å². The van der Waals surface area contributed by atoms with E-state index in [1.807, 2.05) is 0 Å². The fraction of sp³-hybridized carbons (Fsp3) is 0.286. The van der Waals surface area contributed by atoms with Crippen LogP contribution in [0.25, 0.3) is 0 Å². The lowest BCUT2D eigenvalue weighted by Gasteiger charge is -2.05. The second kappa shape index (κ2) is 4.04. The zero-order valence-corrected chi connectivity index (χ0v) is 6.48. The van der Waals surface area contributed by atoms with Crippen molar-refractivity contribution < 1.29 is 5.11 Å². The van der Waals surface area contributed by atoms with Crippen molar-refractivity contribution in [2.45, 2.75) is 13.0 Å². The summed E-state index contributed by atoms with van der Waals surface area (Å²) >= 11 is 4.75. The molecule has 10 heavy (non-hydrogen) atoms. The third-order valence-corrected chi connectivity index (χ3v) is 1.27. The van der Waals surface area contributed by atoms with Gasteiger partial charge in [-0.15, -0.1) is 6.42 Å². The molecule has 0 radical (unpaired) electrons.